The van der Waals surface area contributed by atoms with Crippen LogP contribution in [0.4, 0.5) is 8.78 Å². The summed E-state index contributed by atoms with van der Waals surface area (Å²) in [5, 5.41) is 9.07. The van der Waals surface area contributed by atoms with Gasteiger partial charge < -0.3 is 0 Å². The van der Waals surface area contributed by atoms with Crippen molar-refractivity contribution in [3.63, 3.8) is 0 Å². The van der Waals surface area contributed by atoms with E-state index >= 15 is 0 Å². The Bertz CT molecular complexity index is 456. The second kappa shape index (κ2) is 4.10. The summed E-state index contributed by atoms with van der Waals surface area (Å²) in [6.07, 6.45) is 1.87. The average molecular weight is 235 g/mol. The van der Waals surface area contributed by atoms with Gasteiger partial charge in [0.15, 0.2) is 0 Å². The molecule has 0 radical (unpaired) electrons. The molecule has 0 aromatic heterocycles. The van der Waals surface area contributed by atoms with E-state index in [2.05, 4.69) is 6.07 Å². The fraction of sp³-hybridized carbons (Fsp3) is 0.500. The molecule has 0 amide bonds. The van der Waals surface area contributed by atoms with Crippen molar-refractivity contribution in [1.29, 1.82) is 5.26 Å². The molecule has 0 spiro atoms. The van der Waals surface area contributed by atoms with E-state index in [9.17, 15) is 8.78 Å². The Kier molecular flexibility index (Phi) is 2.91. The highest BCUT2D eigenvalue weighted by molar-refractivity contribution is 5.41. The predicted octanol–water partition coefficient (Wildman–Crippen LogP) is 4.13. The molecule has 0 bridgehead atoms. The molecule has 17 heavy (non-hydrogen) atoms. The maximum absolute atomic E-state index is 13.8. The van der Waals surface area contributed by atoms with E-state index in [1.165, 1.54) is 12.1 Å². The van der Waals surface area contributed by atoms with E-state index in [0.717, 1.165) is 18.4 Å². The molecule has 1 aliphatic rings. The molecule has 1 aromatic rings. The molecule has 1 fully saturated rings. The Morgan fingerprint density at radius 2 is 2.12 bits per heavy atom. The van der Waals surface area contributed by atoms with Crippen molar-refractivity contribution in [1.82, 2.24) is 0 Å². The molecule has 0 N–H and O–H groups in total. The average Bonchev–Trinajstić information content (AvgIpc) is 3.10. The summed E-state index contributed by atoms with van der Waals surface area (Å²) < 4.78 is 27.5. The van der Waals surface area contributed by atoms with Gasteiger partial charge in [0.05, 0.1) is 11.5 Å². The van der Waals surface area contributed by atoms with Crippen LogP contribution in [-0.4, -0.2) is 0 Å². The molecule has 1 nitrogen and oxygen atoms in total. The Morgan fingerprint density at radius 1 is 1.41 bits per heavy atom. The lowest BCUT2D eigenvalue weighted by Gasteiger charge is -2.17. The monoisotopic (exact) mass is 235 g/mol. The van der Waals surface area contributed by atoms with Crippen molar-refractivity contribution in [2.75, 3.05) is 0 Å². The fourth-order valence-electron chi connectivity index (χ4n) is 2.09. The van der Waals surface area contributed by atoms with Crippen LogP contribution in [-0.2, 0) is 11.3 Å². The van der Waals surface area contributed by atoms with Crippen molar-refractivity contribution in [2.45, 2.75) is 43.9 Å². The third-order valence-corrected chi connectivity index (χ3v) is 3.37. The summed E-state index contributed by atoms with van der Waals surface area (Å²) in [4.78, 5) is 0. The standard InChI is InChI=1S/C14H15F2N/c1-2-6-14(15,16)12-5-3-4-11(9-12)13(10-17)7-8-13/h3-5,9H,2,6-8H2,1H3. The summed E-state index contributed by atoms with van der Waals surface area (Å²) in [6, 6.07) is 8.60. The van der Waals surface area contributed by atoms with E-state index in [1.807, 2.05) is 0 Å². The molecule has 2 rings (SSSR count). The Labute approximate surface area is 100 Å². The topological polar surface area (TPSA) is 23.8 Å². The maximum atomic E-state index is 13.8. The number of nitrogens with zero attached hydrogens (tertiary/aromatic N) is 1. The smallest absolute Gasteiger partial charge is 0.201 e. The number of benzene rings is 1. The summed E-state index contributed by atoms with van der Waals surface area (Å²) in [6.45, 7) is 1.75. The fourth-order valence-corrected chi connectivity index (χ4v) is 2.09. The molecule has 0 atom stereocenters. The normalized spacial score (nSPS) is 17.5. The minimum absolute atomic E-state index is 0.0402. The van der Waals surface area contributed by atoms with Gasteiger partial charge in [0.2, 0.25) is 0 Å². The number of alkyl halides is 2. The Balaban J connectivity index is 2.33. The Hall–Kier alpha value is -1.43. The molecule has 0 saturated heterocycles. The predicted molar refractivity (Wildman–Crippen MR) is 61.8 cm³/mol. The lowest BCUT2D eigenvalue weighted by Crippen LogP contribution is -2.14. The van der Waals surface area contributed by atoms with E-state index in [1.54, 1.807) is 19.1 Å². The zero-order valence-electron chi connectivity index (χ0n) is 9.84. The molecule has 3 heteroatoms. The van der Waals surface area contributed by atoms with Crippen molar-refractivity contribution < 1.29 is 8.78 Å². The van der Waals surface area contributed by atoms with Gasteiger partial charge in [-0.05, 0) is 24.5 Å². The second-order valence-electron chi connectivity index (χ2n) is 4.73. The number of halogens is 2. The molecule has 0 heterocycles. The van der Waals surface area contributed by atoms with Crippen LogP contribution >= 0.6 is 0 Å². The van der Waals surface area contributed by atoms with Crippen molar-refractivity contribution >= 4 is 0 Å². The van der Waals surface area contributed by atoms with Crippen LogP contribution in [0.3, 0.4) is 0 Å². The third kappa shape index (κ3) is 2.17. The van der Waals surface area contributed by atoms with Crippen LogP contribution < -0.4 is 0 Å². The quantitative estimate of drug-likeness (QED) is 0.769. The maximum Gasteiger partial charge on any atom is 0.273 e. The molecule has 90 valence electrons. The SMILES string of the molecule is CCCC(F)(F)c1cccc(C2(C#N)CC2)c1. The van der Waals surface area contributed by atoms with Gasteiger partial charge >= 0.3 is 0 Å². The zero-order chi connectivity index (χ0) is 12.5. The minimum atomic E-state index is -2.78. The Morgan fingerprint density at radius 3 is 2.65 bits per heavy atom. The van der Waals surface area contributed by atoms with Gasteiger partial charge in [-0.3, -0.25) is 0 Å². The first-order valence-corrected chi connectivity index (χ1v) is 5.94. The van der Waals surface area contributed by atoms with Crippen molar-refractivity contribution in [3.8, 4) is 6.07 Å². The number of rotatable bonds is 4. The van der Waals surface area contributed by atoms with E-state index in [0.29, 0.717) is 6.42 Å². The van der Waals surface area contributed by atoms with Crippen LogP contribution in [0.25, 0.3) is 0 Å². The van der Waals surface area contributed by atoms with Crippen LogP contribution in [0.15, 0.2) is 24.3 Å². The van der Waals surface area contributed by atoms with Crippen LogP contribution in [0.1, 0.15) is 43.7 Å². The first-order valence-electron chi connectivity index (χ1n) is 5.94. The lowest BCUT2D eigenvalue weighted by molar-refractivity contribution is -0.0141. The molecule has 1 aliphatic carbocycles. The van der Waals surface area contributed by atoms with Crippen LogP contribution in [0, 0.1) is 11.3 Å². The van der Waals surface area contributed by atoms with Gasteiger partial charge in [0.1, 0.15) is 0 Å². The third-order valence-electron chi connectivity index (χ3n) is 3.37. The van der Waals surface area contributed by atoms with Gasteiger partial charge in [-0.15, -0.1) is 0 Å². The summed E-state index contributed by atoms with van der Waals surface area (Å²) in [7, 11) is 0. The summed E-state index contributed by atoms with van der Waals surface area (Å²) in [5.41, 5.74) is 0.296. The minimum Gasteiger partial charge on any atom is -0.201 e. The molecule has 1 saturated carbocycles. The second-order valence-corrected chi connectivity index (χ2v) is 4.73. The summed E-state index contributed by atoms with van der Waals surface area (Å²) in [5.74, 6) is -2.78. The van der Waals surface area contributed by atoms with Crippen molar-refractivity contribution in [3.05, 3.63) is 35.4 Å². The van der Waals surface area contributed by atoms with Gasteiger partial charge in [-0.1, -0.05) is 31.5 Å². The number of hydrogen-bond acceptors (Lipinski definition) is 1. The first kappa shape index (κ1) is 12.0. The van der Waals surface area contributed by atoms with Gasteiger partial charge in [0.25, 0.3) is 5.92 Å². The molecular formula is C14H15F2N. The van der Waals surface area contributed by atoms with Gasteiger partial charge in [-0.25, -0.2) is 8.78 Å². The largest absolute Gasteiger partial charge is 0.273 e. The lowest BCUT2D eigenvalue weighted by atomic mass is 9.93. The highest BCUT2D eigenvalue weighted by Crippen LogP contribution is 2.48. The summed E-state index contributed by atoms with van der Waals surface area (Å²) >= 11 is 0. The number of nitriles is 1. The number of hydrogen-bond donors (Lipinski definition) is 0. The molecule has 0 aliphatic heterocycles. The highest BCUT2D eigenvalue weighted by Gasteiger charge is 2.45. The van der Waals surface area contributed by atoms with E-state index < -0.39 is 11.3 Å². The van der Waals surface area contributed by atoms with Gasteiger partial charge in [-0.2, -0.15) is 5.26 Å². The van der Waals surface area contributed by atoms with Gasteiger partial charge in [0, 0.05) is 12.0 Å². The zero-order valence-corrected chi connectivity index (χ0v) is 9.84. The van der Waals surface area contributed by atoms with Crippen molar-refractivity contribution in [2.24, 2.45) is 0 Å². The highest BCUT2D eigenvalue weighted by atomic mass is 19.3. The van der Waals surface area contributed by atoms with Crippen LogP contribution in [0.2, 0.25) is 0 Å². The van der Waals surface area contributed by atoms with E-state index in [-0.39, 0.29) is 12.0 Å². The first-order chi connectivity index (χ1) is 8.04. The molecule has 0 unspecified atom stereocenters. The molecular weight excluding hydrogens is 220 g/mol. The molecule has 1 aromatic carbocycles. The van der Waals surface area contributed by atoms with Crippen LogP contribution in [0.5, 0.6) is 0 Å². The van der Waals surface area contributed by atoms with E-state index in [4.69, 9.17) is 5.26 Å².